The summed E-state index contributed by atoms with van der Waals surface area (Å²) in [5.74, 6) is 0. The van der Waals surface area contributed by atoms with E-state index in [2.05, 4.69) is 4.98 Å². The molecule has 0 unspecified atom stereocenters. The van der Waals surface area contributed by atoms with Crippen molar-refractivity contribution in [3.8, 4) is 0 Å². The fourth-order valence-corrected chi connectivity index (χ4v) is 1.81. The maximum atomic E-state index is 10.6. The number of hydrogen-bond acceptors (Lipinski definition) is 4. The van der Waals surface area contributed by atoms with E-state index >= 15 is 0 Å². The number of thiazole rings is 1. The molecule has 0 aromatic carbocycles. The lowest BCUT2D eigenvalue weighted by molar-refractivity contribution is 0.234. The Morgan fingerprint density at radius 2 is 2.67 bits per heavy atom. The quantitative estimate of drug-likeness (QED) is 0.441. The predicted molar refractivity (Wildman–Crippen MR) is 33.1 cm³/mol. The first-order chi connectivity index (χ1) is 4.34. The molecule has 0 atom stereocenters. The zero-order valence-electron chi connectivity index (χ0n) is 4.37. The number of aromatic nitrogens is 1. The Morgan fingerprint density at radius 3 is 3.11 bits per heavy atom. The van der Waals surface area contributed by atoms with Gasteiger partial charge in [-0.2, -0.15) is 0 Å². The number of rotatable bonds is 2. The maximum Gasteiger partial charge on any atom is 0.483 e. The molecule has 1 heterocycles. The van der Waals surface area contributed by atoms with Crippen molar-refractivity contribution in [2.75, 3.05) is 0 Å². The first kappa shape index (κ1) is 6.53. The number of nitrogens with one attached hydrogen (secondary N) is 1. The van der Waals surface area contributed by atoms with Crippen LogP contribution in [0, 0.1) is 0 Å². The highest BCUT2D eigenvalue weighted by atomic mass is 32.1. The Labute approximate surface area is 56.9 Å². The molecule has 0 bridgehead atoms. The SMILES string of the molecule is O=[Si](NO)c1nccs1. The molecule has 0 aliphatic carbocycles. The molecule has 48 valence electrons. The third-order valence-electron chi connectivity index (χ3n) is 0.728. The van der Waals surface area contributed by atoms with Crippen LogP contribution >= 0.6 is 11.3 Å². The van der Waals surface area contributed by atoms with Crippen LogP contribution < -0.4 is 9.78 Å². The van der Waals surface area contributed by atoms with Crippen molar-refractivity contribution in [2.24, 2.45) is 0 Å². The van der Waals surface area contributed by atoms with Gasteiger partial charge in [-0.15, -0.1) is 11.3 Å². The summed E-state index contributed by atoms with van der Waals surface area (Å²) in [7, 11) is -2.20. The molecular weight excluding hydrogens is 156 g/mol. The fourth-order valence-electron chi connectivity index (χ4n) is 0.383. The average Bonchev–Trinajstić information content (AvgIpc) is 2.37. The van der Waals surface area contributed by atoms with Crippen LogP contribution in [0.25, 0.3) is 0 Å². The maximum absolute atomic E-state index is 10.6. The first-order valence-corrected chi connectivity index (χ1v) is 4.47. The Bertz CT molecular complexity index is 200. The molecule has 0 saturated carbocycles. The zero-order chi connectivity index (χ0) is 6.69. The second-order valence-electron chi connectivity index (χ2n) is 1.28. The Morgan fingerprint density at radius 1 is 1.89 bits per heavy atom. The van der Waals surface area contributed by atoms with Crippen molar-refractivity contribution in [2.45, 2.75) is 0 Å². The van der Waals surface area contributed by atoms with E-state index in [1.54, 1.807) is 16.7 Å². The molecule has 2 N–H and O–H groups in total. The minimum atomic E-state index is -2.20. The molecule has 0 spiro atoms. The van der Waals surface area contributed by atoms with Gasteiger partial charge in [-0.1, -0.05) is 0 Å². The molecule has 0 aliphatic rings. The molecule has 6 heteroatoms. The topological polar surface area (TPSA) is 62.2 Å². The van der Waals surface area contributed by atoms with Crippen molar-refractivity contribution in [3.63, 3.8) is 0 Å². The first-order valence-electron chi connectivity index (χ1n) is 2.18. The molecule has 0 fully saturated rings. The molecule has 0 radical (unpaired) electrons. The van der Waals surface area contributed by atoms with E-state index in [9.17, 15) is 4.46 Å². The summed E-state index contributed by atoms with van der Waals surface area (Å²) in [4.78, 5) is 3.72. The van der Waals surface area contributed by atoms with Crippen LogP contribution in [0.4, 0.5) is 0 Å². The van der Waals surface area contributed by atoms with Gasteiger partial charge < -0.3 is 4.46 Å². The lowest BCUT2D eigenvalue weighted by Gasteiger charge is -1.85. The van der Waals surface area contributed by atoms with Crippen molar-refractivity contribution >= 4 is 24.8 Å². The van der Waals surface area contributed by atoms with Crippen LogP contribution in [-0.4, -0.2) is 19.0 Å². The molecule has 1 aromatic rings. The van der Waals surface area contributed by atoms with Crippen molar-refractivity contribution < 1.29 is 9.67 Å². The standard InChI is InChI=1S/C3H4N2O2SSi/c6-5-9(7)3-4-1-2-8-3/h1-2,5-6H. The second kappa shape index (κ2) is 2.81. The molecule has 0 aliphatic heterocycles. The third kappa shape index (κ3) is 1.41. The second-order valence-corrected chi connectivity index (χ2v) is 3.89. The van der Waals surface area contributed by atoms with Crippen LogP contribution in [0.1, 0.15) is 0 Å². The zero-order valence-corrected chi connectivity index (χ0v) is 6.18. The molecule has 1 rings (SSSR count). The molecule has 0 saturated heterocycles. The average molecular weight is 160 g/mol. The lowest BCUT2D eigenvalue weighted by atomic mass is 11.0. The summed E-state index contributed by atoms with van der Waals surface area (Å²) in [6.07, 6.45) is 1.54. The van der Waals surface area contributed by atoms with Crippen LogP contribution in [0.2, 0.25) is 0 Å². The monoisotopic (exact) mass is 160 g/mol. The van der Waals surface area contributed by atoms with Gasteiger partial charge in [0.05, 0.1) is 0 Å². The Balaban J connectivity index is 2.77. The van der Waals surface area contributed by atoms with E-state index in [4.69, 9.17) is 5.21 Å². The summed E-state index contributed by atoms with van der Waals surface area (Å²) < 4.78 is 11.1. The van der Waals surface area contributed by atoms with E-state index in [-0.39, 0.29) is 0 Å². The molecule has 9 heavy (non-hydrogen) atoms. The summed E-state index contributed by atoms with van der Waals surface area (Å²) >= 11 is 1.25. The summed E-state index contributed by atoms with van der Waals surface area (Å²) in [6.45, 7) is 0. The Kier molecular flexibility index (Phi) is 2.04. The van der Waals surface area contributed by atoms with E-state index in [0.717, 1.165) is 0 Å². The molecule has 1 aromatic heterocycles. The van der Waals surface area contributed by atoms with E-state index in [0.29, 0.717) is 4.63 Å². The highest BCUT2D eigenvalue weighted by Gasteiger charge is 2.08. The van der Waals surface area contributed by atoms with Gasteiger partial charge in [0.25, 0.3) is 0 Å². The van der Waals surface area contributed by atoms with Crippen LogP contribution in [0.5, 0.6) is 0 Å². The van der Waals surface area contributed by atoms with Gasteiger partial charge in [-0.25, -0.2) is 4.98 Å². The van der Waals surface area contributed by atoms with Gasteiger partial charge in [-0.05, 0) is 0 Å². The minimum Gasteiger partial charge on any atom is -0.349 e. The number of hydrogen-bond donors (Lipinski definition) is 2. The van der Waals surface area contributed by atoms with Gasteiger partial charge in [0.1, 0.15) is 0 Å². The van der Waals surface area contributed by atoms with Gasteiger partial charge in [0.2, 0.25) is 0 Å². The van der Waals surface area contributed by atoms with Crippen molar-refractivity contribution in [1.82, 2.24) is 10.1 Å². The normalized spacial score (nSPS) is 9.00. The lowest BCUT2D eigenvalue weighted by Crippen LogP contribution is -2.33. The minimum absolute atomic E-state index is 0.447. The van der Waals surface area contributed by atoms with Gasteiger partial charge >= 0.3 is 8.84 Å². The van der Waals surface area contributed by atoms with Crippen LogP contribution in [-0.2, 0) is 4.46 Å². The van der Waals surface area contributed by atoms with Gasteiger partial charge in [0, 0.05) is 11.6 Å². The highest BCUT2D eigenvalue weighted by molar-refractivity contribution is 7.19. The van der Waals surface area contributed by atoms with E-state index in [1.807, 2.05) is 0 Å². The summed E-state index contributed by atoms with van der Waals surface area (Å²) in [5.41, 5.74) is 0. The summed E-state index contributed by atoms with van der Waals surface area (Å²) in [5, 5.41) is 11.5. The Hall–Kier alpha value is -0.593. The van der Waals surface area contributed by atoms with Crippen LogP contribution in [0.3, 0.4) is 0 Å². The van der Waals surface area contributed by atoms with Crippen molar-refractivity contribution in [1.29, 1.82) is 0 Å². The van der Waals surface area contributed by atoms with E-state index < -0.39 is 8.84 Å². The summed E-state index contributed by atoms with van der Waals surface area (Å²) in [6, 6.07) is 0. The predicted octanol–water partition coefficient (Wildman–Crippen LogP) is -0.752. The van der Waals surface area contributed by atoms with Gasteiger partial charge in [0.15, 0.2) is 4.63 Å². The highest BCUT2D eigenvalue weighted by Crippen LogP contribution is 1.85. The molecule has 0 amide bonds. The van der Waals surface area contributed by atoms with E-state index in [1.165, 1.54) is 11.3 Å². The van der Waals surface area contributed by atoms with Crippen molar-refractivity contribution in [3.05, 3.63) is 11.6 Å². The molecule has 4 nitrogen and oxygen atoms in total. The largest absolute Gasteiger partial charge is 0.483 e. The number of nitrogens with zero attached hydrogens (tertiary/aromatic N) is 1. The smallest absolute Gasteiger partial charge is 0.349 e. The molecular formula is C3H4N2O2SSi. The van der Waals surface area contributed by atoms with Gasteiger partial charge in [-0.3, -0.25) is 10.4 Å². The van der Waals surface area contributed by atoms with Crippen LogP contribution in [0.15, 0.2) is 11.6 Å². The third-order valence-corrected chi connectivity index (χ3v) is 2.94. The fraction of sp³-hybridized carbons (Fsp3) is 0.